The molecule has 1 saturated carbocycles. The van der Waals surface area contributed by atoms with Crippen molar-refractivity contribution in [3.05, 3.63) is 21.7 Å². The summed E-state index contributed by atoms with van der Waals surface area (Å²) < 4.78 is 0. The number of halogens is 1. The van der Waals surface area contributed by atoms with E-state index in [2.05, 4.69) is 34.3 Å². The Balaban J connectivity index is 2.11. The highest BCUT2D eigenvalue weighted by molar-refractivity contribution is 6.32. The number of hydrogen-bond donors (Lipinski definition) is 2. The van der Waals surface area contributed by atoms with E-state index in [1.54, 1.807) is 0 Å². The summed E-state index contributed by atoms with van der Waals surface area (Å²) in [6, 6.07) is 0. The zero-order valence-electron chi connectivity index (χ0n) is 10.8. The van der Waals surface area contributed by atoms with E-state index in [0.717, 1.165) is 19.4 Å². The summed E-state index contributed by atoms with van der Waals surface area (Å²) in [5.74, 6) is 0.466. The molecule has 0 bridgehead atoms. The van der Waals surface area contributed by atoms with Crippen molar-refractivity contribution in [3.8, 4) is 0 Å². The molecule has 0 unspecified atom stereocenters. The average Bonchev–Trinajstić information content (AvgIpc) is 2.81. The van der Waals surface area contributed by atoms with Gasteiger partial charge in [-0.15, -0.1) is 0 Å². The van der Waals surface area contributed by atoms with E-state index in [0.29, 0.717) is 5.82 Å². The second-order valence-corrected chi connectivity index (χ2v) is 5.45. The first-order valence-electron chi connectivity index (χ1n) is 6.20. The molecule has 1 aromatic heterocycles. The third kappa shape index (κ3) is 2.52. The van der Waals surface area contributed by atoms with E-state index in [1.165, 1.54) is 19.2 Å². The lowest BCUT2D eigenvalue weighted by Crippen LogP contribution is -2.47. The van der Waals surface area contributed by atoms with Crippen molar-refractivity contribution in [2.24, 2.45) is 0 Å². The van der Waals surface area contributed by atoms with Crippen molar-refractivity contribution in [1.29, 1.82) is 0 Å². The number of hydrogen-bond acceptors (Lipinski definition) is 4. The topological polar surface area (TPSA) is 61.0 Å². The second-order valence-electron chi connectivity index (χ2n) is 5.07. The Kier molecular flexibility index (Phi) is 3.92. The molecular formula is C12H19ClN4O. The maximum atomic E-state index is 11.4. The van der Waals surface area contributed by atoms with Crippen molar-refractivity contribution in [3.63, 3.8) is 0 Å². The highest BCUT2D eigenvalue weighted by Gasteiger charge is 2.35. The number of H-pyrrole nitrogens is 1. The molecule has 6 heteroatoms. The predicted octanol–water partition coefficient (Wildman–Crippen LogP) is 1.71. The molecule has 2 rings (SSSR count). The molecule has 5 nitrogen and oxygen atoms in total. The minimum Gasteiger partial charge on any atom is -0.367 e. The fourth-order valence-corrected chi connectivity index (χ4v) is 2.74. The van der Waals surface area contributed by atoms with Crippen LogP contribution in [-0.2, 0) is 0 Å². The Morgan fingerprint density at radius 3 is 2.78 bits per heavy atom. The largest absolute Gasteiger partial charge is 0.367 e. The number of likely N-dealkylation sites (N-methyl/N-ethyl adjacent to an activating group) is 1. The zero-order valence-corrected chi connectivity index (χ0v) is 11.5. The Hall–Kier alpha value is -1.07. The van der Waals surface area contributed by atoms with Crippen molar-refractivity contribution in [1.82, 2.24) is 14.9 Å². The van der Waals surface area contributed by atoms with E-state index in [9.17, 15) is 4.79 Å². The van der Waals surface area contributed by atoms with Gasteiger partial charge in [-0.25, -0.2) is 4.98 Å². The Labute approximate surface area is 112 Å². The zero-order chi connectivity index (χ0) is 13.2. The highest BCUT2D eigenvalue weighted by Crippen LogP contribution is 2.34. The summed E-state index contributed by atoms with van der Waals surface area (Å²) in [4.78, 5) is 20.2. The first-order valence-corrected chi connectivity index (χ1v) is 6.57. The lowest BCUT2D eigenvalue weighted by molar-refractivity contribution is 0.172. The molecule has 100 valence electrons. The van der Waals surface area contributed by atoms with Gasteiger partial charge in [0.25, 0.3) is 5.56 Å². The molecular weight excluding hydrogens is 252 g/mol. The van der Waals surface area contributed by atoms with Crippen LogP contribution in [0, 0.1) is 0 Å². The lowest BCUT2D eigenvalue weighted by atomic mass is 9.96. The maximum Gasteiger partial charge on any atom is 0.271 e. The van der Waals surface area contributed by atoms with Crippen LogP contribution in [0.5, 0.6) is 0 Å². The fraction of sp³-hybridized carbons (Fsp3) is 0.667. The average molecular weight is 271 g/mol. The van der Waals surface area contributed by atoms with Crippen molar-refractivity contribution >= 4 is 17.4 Å². The molecule has 0 aromatic carbocycles. The molecule has 1 heterocycles. The molecule has 2 N–H and O–H groups in total. The number of aromatic nitrogens is 2. The normalized spacial score (nSPS) is 18.2. The second kappa shape index (κ2) is 5.28. The number of aromatic amines is 1. The molecule has 1 aliphatic carbocycles. The number of anilines is 1. The molecule has 0 saturated heterocycles. The molecule has 1 aromatic rings. The van der Waals surface area contributed by atoms with Gasteiger partial charge in [-0.2, -0.15) is 0 Å². The van der Waals surface area contributed by atoms with Gasteiger partial charge in [-0.3, -0.25) is 4.79 Å². The molecule has 0 amide bonds. The molecule has 0 spiro atoms. The standard InChI is InChI=1S/C12H19ClN4O/c1-17(2)12(5-3-4-6-12)7-14-10-9(13)11(18)16-8-15-10/h8H,3-7H2,1-2H3,(H2,14,15,16,18). The quantitative estimate of drug-likeness (QED) is 0.874. The van der Waals surface area contributed by atoms with E-state index in [1.807, 2.05) is 0 Å². The smallest absolute Gasteiger partial charge is 0.271 e. The van der Waals surface area contributed by atoms with E-state index >= 15 is 0 Å². The summed E-state index contributed by atoms with van der Waals surface area (Å²) in [5, 5.41) is 3.34. The Morgan fingerprint density at radius 1 is 1.50 bits per heavy atom. The third-order valence-corrected chi connectivity index (χ3v) is 4.22. The number of nitrogens with one attached hydrogen (secondary N) is 2. The van der Waals surface area contributed by atoms with Crippen molar-refractivity contribution in [2.75, 3.05) is 26.0 Å². The van der Waals surface area contributed by atoms with E-state index in [4.69, 9.17) is 11.6 Å². The molecule has 1 fully saturated rings. The van der Waals surface area contributed by atoms with Gasteiger partial charge in [-0.1, -0.05) is 24.4 Å². The fourth-order valence-electron chi connectivity index (χ4n) is 2.57. The summed E-state index contributed by atoms with van der Waals surface area (Å²) in [6.07, 6.45) is 6.18. The number of rotatable bonds is 4. The first kappa shape index (κ1) is 13.4. The van der Waals surface area contributed by atoms with Crippen LogP contribution in [0.25, 0.3) is 0 Å². The molecule has 0 aliphatic heterocycles. The van der Waals surface area contributed by atoms with E-state index in [-0.39, 0.29) is 16.1 Å². The first-order chi connectivity index (χ1) is 8.55. The summed E-state index contributed by atoms with van der Waals surface area (Å²) in [7, 11) is 4.19. The predicted molar refractivity (Wildman–Crippen MR) is 73.2 cm³/mol. The minimum atomic E-state index is -0.306. The van der Waals surface area contributed by atoms with Crippen LogP contribution in [0.2, 0.25) is 5.02 Å². The SMILES string of the molecule is CN(C)C1(CNc2nc[nH]c(=O)c2Cl)CCCC1. The monoisotopic (exact) mass is 270 g/mol. The summed E-state index contributed by atoms with van der Waals surface area (Å²) >= 11 is 5.92. The van der Waals surface area contributed by atoms with E-state index < -0.39 is 0 Å². The van der Waals surface area contributed by atoms with Crippen LogP contribution < -0.4 is 10.9 Å². The molecule has 0 atom stereocenters. The summed E-state index contributed by atoms with van der Waals surface area (Å²) in [5.41, 5.74) is -0.160. The van der Waals surface area contributed by atoms with Crippen LogP contribution in [-0.4, -0.2) is 41.0 Å². The molecule has 1 aliphatic rings. The highest BCUT2D eigenvalue weighted by atomic mass is 35.5. The van der Waals surface area contributed by atoms with Gasteiger partial charge in [0.15, 0.2) is 5.82 Å². The molecule has 18 heavy (non-hydrogen) atoms. The Morgan fingerprint density at radius 2 is 2.17 bits per heavy atom. The van der Waals surface area contributed by atoms with Gasteiger partial charge in [0.05, 0.1) is 6.33 Å². The van der Waals surface area contributed by atoms with Crippen molar-refractivity contribution in [2.45, 2.75) is 31.2 Å². The van der Waals surface area contributed by atoms with Crippen LogP contribution in [0.15, 0.2) is 11.1 Å². The third-order valence-electron chi connectivity index (χ3n) is 3.86. The van der Waals surface area contributed by atoms with Crippen LogP contribution >= 0.6 is 11.6 Å². The Bertz CT molecular complexity index is 465. The van der Waals surface area contributed by atoms with Gasteiger partial charge in [0, 0.05) is 12.1 Å². The number of nitrogens with zero attached hydrogens (tertiary/aromatic N) is 2. The summed E-state index contributed by atoms with van der Waals surface area (Å²) in [6.45, 7) is 0.760. The lowest BCUT2D eigenvalue weighted by Gasteiger charge is -2.36. The maximum absolute atomic E-state index is 11.4. The van der Waals surface area contributed by atoms with Crippen LogP contribution in [0.3, 0.4) is 0 Å². The van der Waals surface area contributed by atoms with Gasteiger partial charge in [-0.05, 0) is 26.9 Å². The minimum absolute atomic E-state index is 0.129. The van der Waals surface area contributed by atoms with Crippen LogP contribution in [0.1, 0.15) is 25.7 Å². The van der Waals surface area contributed by atoms with Gasteiger partial charge in [0.2, 0.25) is 0 Å². The van der Waals surface area contributed by atoms with Gasteiger partial charge >= 0.3 is 0 Å². The van der Waals surface area contributed by atoms with Gasteiger partial charge < -0.3 is 15.2 Å². The molecule has 0 radical (unpaired) electrons. The van der Waals surface area contributed by atoms with Crippen LogP contribution in [0.4, 0.5) is 5.82 Å². The van der Waals surface area contributed by atoms with Crippen molar-refractivity contribution < 1.29 is 0 Å². The van der Waals surface area contributed by atoms with Gasteiger partial charge in [0.1, 0.15) is 5.02 Å².